The second-order valence-corrected chi connectivity index (χ2v) is 10.3. The molecule has 6 nitrogen and oxygen atoms in total. The van der Waals surface area contributed by atoms with E-state index < -0.39 is 0 Å². The van der Waals surface area contributed by atoms with Crippen LogP contribution in [0.25, 0.3) is 0 Å². The Morgan fingerprint density at radius 2 is 1.94 bits per heavy atom. The fourth-order valence-corrected chi connectivity index (χ4v) is 5.67. The number of thiocarbonyl (C=S) groups is 1. The van der Waals surface area contributed by atoms with Gasteiger partial charge in [-0.25, -0.2) is 0 Å². The highest BCUT2D eigenvalue weighted by Crippen LogP contribution is 2.44. The van der Waals surface area contributed by atoms with Crippen LogP contribution < -0.4 is 15.5 Å². The molecule has 3 aromatic rings. The SMILES string of the molecule is Cc1cc(N2C(=S)N[C@H](c3ccccn3)[C@@H]2c2cccn2C2CCCC2)ccc1NC(=O)C(C)C. The van der Waals surface area contributed by atoms with Gasteiger partial charge in [-0.05, 0) is 80.0 Å². The van der Waals surface area contributed by atoms with Gasteiger partial charge in [0.25, 0.3) is 0 Å². The lowest BCUT2D eigenvalue weighted by molar-refractivity contribution is -0.118. The van der Waals surface area contributed by atoms with Gasteiger partial charge in [-0.15, -0.1) is 0 Å². The predicted octanol–water partition coefficient (Wildman–Crippen LogP) is 6.08. The smallest absolute Gasteiger partial charge is 0.226 e. The quantitative estimate of drug-likeness (QED) is 0.413. The molecule has 2 N–H and O–H groups in total. The number of hydrogen-bond acceptors (Lipinski definition) is 3. The number of rotatable bonds is 6. The number of carbonyl (C=O) groups is 1. The van der Waals surface area contributed by atoms with Crippen LogP contribution in [0.4, 0.5) is 11.4 Å². The standard InChI is InChI=1S/C28H33N5OS/c1-18(2)27(34)30-22-14-13-21(17-19(22)3)33-26(24-12-8-16-32(24)20-9-4-5-10-20)25(31-28(33)35)23-11-6-7-15-29-23/h6-8,11-18,20,25-26H,4-5,9-10H2,1-3H3,(H,30,34)(H,31,35)/t25-,26+/m1/s1. The van der Waals surface area contributed by atoms with Gasteiger partial charge in [0, 0.05) is 41.4 Å². The lowest BCUT2D eigenvalue weighted by Gasteiger charge is -2.30. The number of aromatic nitrogens is 2. The number of nitrogens with one attached hydrogen (secondary N) is 2. The van der Waals surface area contributed by atoms with Gasteiger partial charge < -0.3 is 20.1 Å². The molecule has 0 radical (unpaired) electrons. The average molecular weight is 488 g/mol. The lowest BCUT2D eigenvalue weighted by Crippen LogP contribution is -2.31. The fourth-order valence-electron chi connectivity index (χ4n) is 5.32. The molecular weight excluding hydrogens is 454 g/mol. The number of hydrogen-bond donors (Lipinski definition) is 2. The Kier molecular flexibility index (Phi) is 6.60. The van der Waals surface area contributed by atoms with Gasteiger partial charge in [-0.2, -0.15) is 0 Å². The topological polar surface area (TPSA) is 62.2 Å². The molecule has 7 heteroatoms. The van der Waals surface area contributed by atoms with Crippen LogP contribution >= 0.6 is 12.2 Å². The van der Waals surface area contributed by atoms with Crippen LogP contribution in [-0.4, -0.2) is 20.6 Å². The summed E-state index contributed by atoms with van der Waals surface area (Å²) in [5.74, 6) is -0.0574. The van der Waals surface area contributed by atoms with E-state index in [1.54, 1.807) is 0 Å². The van der Waals surface area contributed by atoms with Crippen molar-refractivity contribution in [2.24, 2.45) is 5.92 Å². The molecule has 1 amide bonds. The molecule has 0 bridgehead atoms. The summed E-state index contributed by atoms with van der Waals surface area (Å²) < 4.78 is 2.46. The Labute approximate surface area is 212 Å². The maximum absolute atomic E-state index is 12.3. The predicted molar refractivity (Wildman–Crippen MR) is 145 cm³/mol. The van der Waals surface area contributed by atoms with Crippen LogP contribution in [0.3, 0.4) is 0 Å². The van der Waals surface area contributed by atoms with Crippen LogP contribution in [-0.2, 0) is 4.79 Å². The molecule has 0 spiro atoms. The van der Waals surface area contributed by atoms with Crippen molar-refractivity contribution in [3.8, 4) is 0 Å². The summed E-state index contributed by atoms with van der Waals surface area (Å²) in [6.45, 7) is 5.82. The molecule has 35 heavy (non-hydrogen) atoms. The zero-order valence-electron chi connectivity index (χ0n) is 20.6. The normalized spacial score (nSPS) is 20.5. The summed E-state index contributed by atoms with van der Waals surface area (Å²) in [5, 5.41) is 7.29. The maximum atomic E-state index is 12.3. The Morgan fingerprint density at radius 1 is 1.14 bits per heavy atom. The van der Waals surface area contributed by atoms with Gasteiger partial charge in [-0.1, -0.05) is 32.8 Å². The number of anilines is 2. The minimum absolute atomic E-state index is 0.0155. The van der Waals surface area contributed by atoms with E-state index in [0.717, 1.165) is 22.6 Å². The largest absolute Gasteiger partial charge is 0.351 e. The van der Waals surface area contributed by atoms with Gasteiger partial charge in [0.15, 0.2) is 5.11 Å². The lowest BCUT2D eigenvalue weighted by atomic mass is 10.00. The van der Waals surface area contributed by atoms with E-state index in [9.17, 15) is 4.79 Å². The molecule has 1 saturated heterocycles. The highest BCUT2D eigenvalue weighted by atomic mass is 32.1. The zero-order valence-corrected chi connectivity index (χ0v) is 21.4. The Bertz CT molecular complexity index is 1220. The molecule has 1 aliphatic heterocycles. The van der Waals surface area contributed by atoms with E-state index >= 15 is 0 Å². The highest BCUT2D eigenvalue weighted by molar-refractivity contribution is 7.80. The third kappa shape index (κ3) is 4.57. The van der Waals surface area contributed by atoms with Crippen molar-refractivity contribution < 1.29 is 4.79 Å². The third-order valence-electron chi connectivity index (χ3n) is 7.20. The minimum atomic E-state index is -0.0729. The van der Waals surface area contributed by atoms with Crippen molar-refractivity contribution in [1.29, 1.82) is 0 Å². The number of aryl methyl sites for hydroxylation is 1. The average Bonchev–Trinajstić information content (AvgIpc) is 3.60. The number of nitrogens with zero attached hydrogens (tertiary/aromatic N) is 3. The van der Waals surface area contributed by atoms with Crippen molar-refractivity contribution >= 4 is 34.6 Å². The van der Waals surface area contributed by atoms with Crippen molar-refractivity contribution in [2.75, 3.05) is 10.2 Å². The van der Waals surface area contributed by atoms with Crippen molar-refractivity contribution in [3.05, 3.63) is 77.9 Å². The molecule has 2 aromatic heterocycles. The monoisotopic (exact) mass is 487 g/mol. The second-order valence-electron chi connectivity index (χ2n) is 9.92. The molecule has 0 unspecified atom stereocenters. The first-order valence-electron chi connectivity index (χ1n) is 12.5. The summed E-state index contributed by atoms with van der Waals surface area (Å²) >= 11 is 5.92. The first-order valence-corrected chi connectivity index (χ1v) is 12.9. The molecule has 2 fully saturated rings. The molecule has 3 heterocycles. The van der Waals surface area contributed by atoms with E-state index in [0.29, 0.717) is 11.2 Å². The van der Waals surface area contributed by atoms with Crippen molar-refractivity contribution in [3.63, 3.8) is 0 Å². The molecule has 1 aromatic carbocycles. The van der Waals surface area contributed by atoms with E-state index in [-0.39, 0.29) is 23.9 Å². The van der Waals surface area contributed by atoms with Crippen LogP contribution in [0.5, 0.6) is 0 Å². The second kappa shape index (κ2) is 9.82. The maximum Gasteiger partial charge on any atom is 0.226 e. The van der Waals surface area contributed by atoms with Crippen LogP contribution in [0, 0.1) is 12.8 Å². The summed E-state index contributed by atoms with van der Waals surface area (Å²) in [5.41, 5.74) is 5.06. The van der Waals surface area contributed by atoms with E-state index in [1.165, 1.54) is 31.4 Å². The molecule has 2 aliphatic rings. The zero-order chi connectivity index (χ0) is 24.5. The number of pyridine rings is 1. The Hall–Kier alpha value is -3.19. The molecule has 5 rings (SSSR count). The van der Waals surface area contributed by atoms with Gasteiger partial charge in [0.2, 0.25) is 5.91 Å². The van der Waals surface area contributed by atoms with Gasteiger partial charge in [0.1, 0.15) is 6.04 Å². The molecular formula is C28H33N5OS. The first-order chi connectivity index (χ1) is 16.9. The van der Waals surface area contributed by atoms with E-state index in [2.05, 4.69) is 55.5 Å². The molecule has 182 valence electrons. The number of carbonyl (C=O) groups excluding carboxylic acids is 1. The first kappa shape index (κ1) is 23.5. The summed E-state index contributed by atoms with van der Waals surface area (Å²) in [6.07, 6.45) is 9.04. The summed E-state index contributed by atoms with van der Waals surface area (Å²) in [4.78, 5) is 19.2. The Balaban J connectivity index is 1.56. The number of amides is 1. The van der Waals surface area contributed by atoms with Crippen LogP contribution in [0.2, 0.25) is 0 Å². The van der Waals surface area contributed by atoms with Crippen molar-refractivity contribution in [1.82, 2.24) is 14.9 Å². The van der Waals surface area contributed by atoms with Crippen molar-refractivity contribution in [2.45, 2.75) is 64.6 Å². The van der Waals surface area contributed by atoms with Gasteiger partial charge in [0.05, 0.1) is 11.7 Å². The molecule has 2 atom stereocenters. The molecule has 1 aliphatic carbocycles. The van der Waals surface area contributed by atoms with Crippen LogP contribution in [0.15, 0.2) is 60.9 Å². The Morgan fingerprint density at radius 3 is 2.63 bits per heavy atom. The third-order valence-corrected chi connectivity index (χ3v) is 7.52. The number of benzene rings is 1. The van der Waals surface area contributed by atoms with E-state index in [4.69, 9.17) is 12.2 Å². The summed E-state index contributed by atoms with van der Waals surface area (Å²) in [7, 11) is 0. The van der Waals surface area contributed by atoms with Crippen LogP contribution in [0.1, 0.15) is 74.6 Å². The summed E-state index contributed by atoms with van der Waals surface area (Å²) in [6, 6.07) is 17.0. The van der Waals surface area contributed by atoms with E-state index in [1.807, 2.05) is 51.2 Å². The van der Waals surface area contributed by atoms with Gasteiger partial charge >= 0.3 is 0 Å². The minimum Gasteiger partial charge on any atom is -0.351 e. The highest BCUT2D eigenvalue weighted by Gasteiger charge is 2.42. The molecule has 1 saturated carbocycles. The fraction of sp³-hybridized carbons (Fsp3) is 0.393. The van der Waals surface area contributed by atoms with Gasteiger partial charge in [-0.3, -0.25) is 9.78 Å².